The maximum Gasteiger partial charge on any atom is 0.155 e. The summed E-state index contributed by atoms with van der Waals surface area (Å²) in [7, 11) is 2.15. The Balaban J connectivity index is 0.000000394. The van der Waals surface area contributed by atoms with Gasteiger partial charge in [0.2, 0.25) is 0 Å². The van der Waals surface area contributed by atoms with Gasteiger partial charge in [-0.3, -0.25) is 9.78 Å². The summed E-state index contributed by atoms with van der Waals surface area (Å²) in [6, 6.07) is 31.7. The molecule has 2 aromatic heterocycles. The molecule has 0 spiro atoms. The van der Waals surface area contributed by atoms with Crippen molar-refractivity contribution in [3.63, 3.8) is 0 Å². The molecule has 5 heteroatoms. The Morgan fingerprint density at radius 3 is 2.18 bits per heavy atom. The summed E-state index contributed by atoms with van der Waals surface area (Å²) in [5.41, 5.74) is 6.81. The molecule has 6 rings (SSSR count). The first-order chi connectivity index (χ1) is 18.3. The van der Waals surface area contributed by atoms with Crippen LogP contribution in [0.5, 0.6) is 0 Å². The monoisotopic (exact) mass is 692 g/mol. The molecule has 0 aliphatic heterocycles. The van der Waals surface area contributed by atoms with Crippen LogP contribution in [0.1, 0.15) is 39.2 Å². The van der Waals surface area contributed by atoms with Crippen molar-refractivity contribution in [3.05, 3.63) is 102 Å². The van der Waals surface area contributed by atoms with Gasteiger partial charge in [0.1, 0.15) is 0 Å². The Bertz CT molecular complexity index is 1860. The molecule has 0 saturated heterocycles. The maximum atomic E-state index is 10.0. The molecule has 39 heavy (non-hydrogen) atoms. The molecule has 4 nitrogen and oxygen atoms in total. The van der Waals surface area contributed by atoms with Crippen LogP contribution in [0.15, 0.2) is 90.7 Å². The van der Waals surface area contributed by atoms with E-state index in [4.69, 9.17) is 10.1 Å². The Morgan fingerprint density at radius 2 is 1.54 bits per heavy atom. The molecule has 2 heterocycles. The summed E-state index contributed by atoms with van der Waals surface area (Å²) in [6.07, 6.45) is 1.17. The fourth-order valence-corrected chi connectivity index (χ4v) is 5.24. The van der Waals surface area contributed by atoms with Gasteiger partial charge in [0, 0.05) is 66.1 Å². The summed E-state index contributed by atoms with van der Waals surface area (Å²) in [5, 5.41) is 14.5. The number of nitrogens with zero attached hydrogens (tertiary/aromatic N) is 2. The number of aliphatic hydroxyl groups is 1. The summed E-state index contributed by atoms with van der Waals surface area (Å²) in [4.78, 5) is 15.2. The summed E-state index contributed by atoms with van der Waals surface area (Å²) in [6.45, 7) is 7.36. The zero-order valence-corrected chi connectivity index (χ0v) is 25.1. The molecule has 0 amide bonds. The van der Waals surface area contributed by atoms with E-state index in [1.165, 1.54) is 58.1 Å². The first-order valence-corrected chi connectivity index (χ1v) is 12.8. The van der Waals surface area contributed by atoms with Crippen LogP contribution in [0.2, 0.25) is 0 Å². The fourth-order valence-electron chi connectivity index (χ4n) is 5.24. The van der Waals surface area contributed by atoms with Gasteiger partial charge in [-0.1, -0.05) is 79.4 Å². The molecule has 1 N–H and O–H groups in total. The van der Waals surface area contributed by atoms with Crippen molar-refractivity contribution in [2.45, 2.75) is 33.6 Å². The SMILES string of the molecule is CC(=O)/C=C(/C)O.CC(C)c1cc(-c2nc3ccccc3c3c4ccccc4n(C)c23)[c-]c2ccccc12.[Ir]. The molecular formula is C34H31IrN2O2-. The van der Waals surface area contributed by atoms with Gasteiger partial charge in [-0.15, -0.1) is 29.1 Å². The van der Waals surface area contributed by atoms with Crippen molar-refractivity contribution >= 4 is 49.3 Å². The number of hydrogen-bond donors (Lipinski definition) is 1. The minimum Gasteiger partial charge on any atom is -0.512 e. The largest absolute Gasteiger partial charge is 0.512 e. The molecule has 199 valence electrons. The molecule has 0 aliphatic carbocycles. The van der Waals surface area contributed by atoms with Crippen LogP contribution in [0.3, 0.4) is 0 Å². The van der Waals surface area contributed by atoms with E-state index in [0.29, 0.717) is 5.92 Å². The van der Waals surface area contributed by atoms with Crippen LogP contribution >= 0.6 is 0 Å². The Morgan fingerprint density at radius 1 is 0.923 bits per heavy atom. The van der Waals surface area contributed by atoms with Crippen molar-refractivity contribution in [3.8, 4) is 11.3 Å². The summed E-state index contributed by atoms with van der Waals surface area (Å²) >= 11 is 0. The molecule has 0 atom stereocenters. The van der Waals surface area contributed by atoms with Gasteiger partial charge in [0.15, 0.2) is 5.78 Å². The molecule has 0 bridgehead atoms. The van der Waals surface area contributed by atoms with Crippen LogP contribution < -0.4 is 0 Å². The zero-order valence-electron chi connectivity index (χ0n) is 22.7. The number of rotatable bonds is 3. The smallest absolute Gasteiger partial charge is 0.155 e. The average molecular weight is 692 g/mol. The quantitative estimate of drug-likeness (QED) is 0.115. The van der Waals surface area contributed by atoms with E-state index < -0.39 is 0 Å². The van der Waals surface area contributed by atoms with E-state index in [1.807, 2.05) is 0 Å². The number of benzene rings is 4. The topological polar surface area (TPSA) is 55.1 Å². The van der Waals surface area contributed by atoms with Crippen LogP contribution in [-0.2, 0) is 31.9 Å². The molecule has 1 radical (unpaired) electrons. The average Bonchev–Trinajstić information content (AvgIpc) is 3.20. The molecule has 6 aromatic rings. The summed E-state index contributed by atoms with van der Waals surface area (Å²) in [5.74, 6) is 0.356. The van der Waals surface area contributed by atoms with Gasteiger partial charge in [-0.2, -0.15) is 0 Å². The normalized spacial score (nSPS) is 11.6. The van der Waals surface area contributed by atoms with Gasteiger partial charge >= 0.3 is 0 Å². The standard InChI is InChI=1S/C29H23N2.C5H8O2.Ir/c1-18(2)24-17-20(16-19-10-4-5-11-21(19)24)28-29-27(22-12-6-8-14-25(22)30-28)23-13-7-9-15-26(23)31(29)3;1-4(6)3-5(2)7;/h4-15,17-18H,1-3H3;3,6H,1-2H3;/q-1;;/b;4-3-;. The number of carbonyl (C=O) groups excluding carboxylic acids is 1. The molecule has 4 aromatic carbocycles. The van der Waals surface area contributed by atoms with Crippen molar-refractivity contribution in [2.75, 3.05) is 0 Å². The fraction of sp³-hybridized carbons (Fsp3) is 0.176. The maximum absolute atomic E-state index is 10.0. The molecule has 0 aliphatic rings. The van der Waals surface area contributed by atoms with E-state index in [2.05, 4.69) is 110 Å². The van der Waals surface area contributed by atoms with Crippen LogP contribution in [0.25, 0.3) is 54.7 Å². The number of allylic oxidation sites excluding steroid dienone is 2. The minimum absolute atomic E-state index is 0. The van der Waals surface area contributed by atoms with E-state index >= 15 is 0 Å². The predicted molar refractivity (Wildman–Crippen MR) is 159 cm³/mol. The number of aromatic nitrogens is 2. The van der Waals surface area contributed by atoms with Crippen molar-refractivity contribution < 1.29 is 30.0 Å². The van der Waals surface area contributed by atoms with Crippen molar-refractivity contribution in [1.29, 1.82) is 0 Å². The number of carbonyl (C=O) groups is 1. The van der Waals surface area contributed by atoms with Gasteiger partial charge in [-0.05, 0) is 31.9 Å². The number of para-hydroxylation sites is 2. The van der Waals surface area contributed by atoms with Gasteiger partial charge in [0.25, 0.3) is 0 Å². The van der Waals surface area contributed by atoms with E-state index in [1.54, 1.807) is 0 Å². The third kappa shape index (κ3) is 5.38. The van der Waals surface area contributed by atoms with E-state index in [-0.39, 0.29) is 31.6 Å². The predicted octanol–water partition coefficient (Wildman–Crippen LogP) is 8.66. The number of aliphatic hydroxyl groups excluding tert-OH is 1. The van der Waals surface area contributed by atoms with Crippen molar-refractivity contribution in [2.24, 2.45) is 7.05 Å². The molecule has 0 fully saturated rings. The van der Waals surface area contributed by atoms with E-state index in [9.17, 15) is 4.79 Å². The Kier molecular flexibility index (Phi) is 8.34. The number of aryl methyl sites for hydroxylation is 1. The van der Waals surface area contributed by atoms with Gasteiger partial charge < -0.3 is 9.67 Å². The van der Waals surface area contributed by atoms with Crippen LogP contribution in [0.4, 0.5) is 0 Å². The zero-order chi connectivity index (χ0) is 27.0. The number of ketones is 1. The van der Waals surface area contributed by atoms with Crippen LogP contribution in [-0.4, -0.2) is 20.4 Å². The second-order valence-corrected chi connectivity index (χ2v) is 10.0. The van der Waals surface area contributed by atoms with Crippen LogP contribution in [0, 0.1) is 6.07 Å². The van der Waals surface area contributed by atoms with E-state index in [0.717, 1.165) is 22.2 Å². The summed E-state index contributed by atoms with van der Waals surface area (Å²) < 4.78 is 2.29. The number of pyridine rings is 1. The third-order valence-electron chi connectivity index (χ3n) is 6.83. The first-order valence-electron chi connectivity index (χ1n) is 12.8. The first kappa shape index (κ1) is 28.2. The molecule has 0 saturated carbocycles. The Hall–Kier alpha value is -3.79. The van der Waals surface area contributed by atoms with Gasteiger partial charge in [-0.25, -0.2) is 0 Å². The molecular weight excluding hydrogens is 661 g/mol. The molecule has 0 unspecified atom stereocenters. The van der Waals surface area contributed by atoms with Crippen molar-refractivity contribution in [1.82, 2.24) is 9.55 Å². The minimum atomic E-state index is -0.125. The number of hydrogen-bond acceptors (Lipinski definition) is 3. The Labute approximate surface area is 242 Å². The van der Waals surface area contributed by atoms with Gasteiger partial charge in [0.05, 0.1) is 11.3 Å². The third-order valence-corrected chi connectivity index (χ3v) is 6.83. The number of fused-ring (bicyclic) bond motifs is 6. The second kappa shape index (κ2) is 11.5. The second-order valence-electron chi connectivity index (χ2n) is 10.0.